The number of hydrogen-bond acceptors (Lipinski definition) is 3. The summed E-state index contributed by atoms with van der Waals surface area (Å²) in [6, 6.07) is 8.38. The van der Waals surface area contributed by atoms with Crippen molar-refractivity contribution in [3.8, 4) is 0 Å². The van der Waals surface area contributed by atoms with Crippen LogP contribution in [0.4, 0.5) is 5.69 Å². The minimum absolute atomic E-state index is 0.148. The van der Waals surface area contributed by atoms with E-state index in [1.54, 1.807) is 0 Å². The van der Waals surface area contributed by atoms with E-state index in [4.69, 9.17) is 0 Å². The van der Waals surface area contributed by atoms with Gasteiger partial charge >= 0.3 is 0 Å². The van der Waals surface area contributed by atoms with E-state index in [1.165, 1.54) is 11.3 Å². The number of anilines is 1. The summed E-state index contributed by atoms with van der Waals surface area (Å²) in [5, 5.41) is 3.30. The van der Waals surface area contributed by atoms with E-state index < -0.39 is 0 Å². The molecule has 1 aromatic rings. The summed E-state index contributed by atoms with van der Waals surface area (Å²) in [5.41, 5.74) is 2.36. The van der Waals surface area contributed by atoms with Gasteiger partial charge in [0.15, 0.2) is 0 Å². The standard InChI is InChI=1S/C16H25N3O/c1-18(2)15-8-6-13(7-9-15)12-19(3)16(20)14-5-4-10-17-11-14/h6-9,14,17H,4-5,10-12H2,1-3H3/t14-/m0/s1. The van der Waals surface area contributed by atoms with Crippen molar-refractivity contribution >= 4 is 11.6 Å². The van der Waals surface area contributed by atoms with Crippen molar-refractivity contribution in [2.75, 3.05) is 39.1 Å². The SMILES string of the molecule is CN(Cc1ccc(N(C)C)cc1)C(=O)[C@H]1CCCNC1. The van der Waals surface area contributed by atoms with Crippen molar-refractivity contribution in [1.82, 2.24) is 10.2 Å². The second kappa shape index (κ2) is 6.75. The zero-order valence-corrected chi connectivity index (χ0v) is 12.7. The summed E-state index contributed by atoms with van der Waals surface area (Å²) >= 11 is 0. The normalized spacial score (nSPS) is 18.6. The fourth-order valence-corrected chi connectivity index (χ4v) is 2.63. The van der Waals surface area contributed by atoms with Crippen molar-refractivity contribution in [3.63, 3.8) is 0 Å². The second-order valence-corrected chi connectivity index (χ2v) is 5.80. The number of rotatable bonds is 4. The maximum Gasteiger partial charge on any atom is 0.227 e. The molecule has 1 amide bonds. The fraction of sp³-hybridized carbons (Fsp3) is 0.562. The number of piperidine rings is 1. The first kappa shape index (κ1) is 14.9. The third-order valence-electron chi connectivity index (χ3n) is 3.89. The fourth-order valence-electron chi connectivity index (χ4n) is 2.63. The van der Waals surface area contributed by atoms with Gasteiger partial charge in [-0.05, 0) is 37.1 Å². The predicted octanol–water partition coefficient (Wildman–Crippen LogP) is 1.71. The Morgan fingerprint density at radius 1 is 1.25 bits per heavy atom. The summed E-state index contributed by atoms with van der Waals surface area (Å²) in [6.45, 7) is 2.55. The number of benzene rings is 1. The van der Waals surface area contributed by atoms with E-state index in [0.717, 1.165) is 25.9 Å². The number of carbonyl (C=O) groups excluding carboxylic acids is 1. The smallest absolute Gasteiger partial charge is 0.227 e. The molecule has 0 unspecified atom stereocenters. The summed E-state index contributed by atoms with van der Waals surface area (Å²) in [6.07, 6.45) is 2.11. The Kier molecular flexibility index (Phi) is 5.01. The van der Waals surface area contributed by atoms with Crippen molar-refractivity contribution in [3.05, 3.63) is 29.8 Å². The first-order chi connectivity index (χ1) is 9.58. The lowest BCUT2D eigenvalue weighted by molar-refractivity contribution is -0.135. The van der Waals surface area contributed by atoms with E-state index in [9.17, 15) is 4.79 Å². The molecule has 1 saturated heterocycles. The van der Waals surface area contributed by atoms with Crippen LogP contribution in [0.2, 0.25) is 0 Å². The molecule has 0 radical (unpaired) electrons. The number of amides is 1. The van der Waals surface area contributed by atoms with Crippen LogP contribution in [-0.2, 0) is 11.3 Å². The second-order valence-electron chi connectivity index (χ2n) is 5.80. The molecule has 0 aromatic heterocycles. The Morgan fingerprint density at radius 2 is 1.95 bits per heavy atom. The molecule has 1 fully saturated rings. The Bertz CT molecular complexity index is 436. The highest BCUT2D eigenvalue weighted by Crippen LogP contribution is 2.16. The third-order valence-corrected chi connectivity index (χ3v) is 3.89. The molecule has 4 heteroatoms. The van der Waals surface area contributed by atoms with Crippen LogP contribution in [0, 0.1) is 5.92 Å². The molecule has 0 spiro atoms. The maximum absolute atomic E-state index is 12.4. The number of nitrogens with one attached hydrogen (secondary N) is 1. The van der Waals surface area contributed by atoms with Crippen molar-refractivity contribution in [2.24, 2.45) is 5.92 Å². The predicted molar refractivity (Wildman–Crippen MR) is 82.8 cm³/mol. The van der Waals surface area contributed by atoms with Crippen LogP contribution in [0.25, 0.3) is 0 Å². The van der Waals surface area contributed by atoms with E-state index in [2.05, 4.69) is 34.5 Å². The van der Waals surface area contributed by atoms with Gasteiger partial charge in [0.1, 0.15) is 0 Å². The quantitative estimate of drug-likeness (QED) is 0.908. The molecule has 1 N–H and O–H groups in total. The van der Waals surface area contributed by atoms with Crippen LogP contribution < -0.4 is 10.2 Å². The van der Waals surface area contributed by atoms with E-state index in [1.807, 2.05) is 26.0 Å². The Balaban J connectivity index is 1.92. The largest absolute Gasteiger partial charge is 0.378 e. The molecule has 1 heterocycles. The van der Waals surface area contributed by atoms with Gasteiger partial charge in [-0.1, -0.05) is 12.1 Å². The summed E-state index contributed by atoms with van der Waals surface area (Å²) < 4.78 is 0. The maximum atomic E-state index is 12.4. The van der Waals surface area contributed by atoms with E-state index >= 15 is 0 Å². The lowest BCUT2D eigenvalue weighted by Crippen LogP contribution is -2.41. The Morgan fingerprint density at radius 3 is 2.50 bits per heavy atom. The Hall–Kier alpha value is -1.55. The molecule has 110 valence electrons. The average molecular weight is 275 g/mol. The first-order valence-corrected chi connectivity index (χ1v) is 7.30. The van der Waals surface area contributed by atoms with Gasteiger partial charge in [0.2, 0.25) is 5.91 Å². The van der Waals surface area contributed by atoms with Gasteiger partial charge in [-0.25, -0.2) is 0 Å². The van der Waals surface area contributed by atoms with Crippen LogP contribution in [0.15, 0.2) is 24.3 Å². The lowest BCUT2D eigenvalue weighted by atomic mass is 9.98. The molecular formula is C16H25N3O. The summed E-state index contributed by atoms with van der Waals surface area (Å²) in [5.74, 6) is 0.406. The van der Waals surface area contributed by atoms with Gasteiger partial charge in [0.05, 0.1) is 5.92 Å². The highest BCUT2D eigenvalue weighted by molar-refractivity contribution is 5.79. The molecule has 1 aromatic carbocycles. The number of nitrogens with zero attached hydrogens (tertiary/aromatic N) is 2. The lowest BCUT2D eigenvalue weighted by Gasteiger charge is -2.27. The first-order valence-electron chi connectivity index (χ1n) is 7.30. The molecule has 0 bridgehead atoms. The molecule has 4 nitrogen and oxygen atoms in total. The van der Waals surface area contributed by atoms with Crippen LogP contribution in [0.3, 0.4) is 0 Å². The number of hydrogen-bond donors (Lipinski definition) is 1. The van der Waals surface area contributed by atoms with Gasteiger partial charge in [0.25, 0.3) is 0 Å². The van der Waals surface area contributed by atoms with Crippen LogP contribution in [-0.4, -0.2) is 45.0 Å². The molecule has 0 saturated carbocycles. The molecule has 20 heavy (non-hydrogen) atoms. The molecule has 1 atom stereocenters. The van der Waals surface area contributed by atoms with Crippen LogP contribution in [0.1, 0.15) is 18.4 Å². The third kappa shape index (κ3) is 3.73. The highest BCUT2D eigenvalue weighted by Gasteiger charge is 2.23. The molecule has 2 rings (SSSR count). The monoisotopic (exact) mass is 275 g/mol. The van der Waals surface area contributed by atoms with Crippen LogP contribution in [0.5, 0.6) is 0 Å². The highest BCUT2D eigenvalue weighted by atomic mass is 16.2. The average Bonchev–Trinajstić information content (AvgIpc) is 2.48. The van der Waals surface area contributed by atoms with E-state index in [0.29, 0.717) is 6.54 Å². The Labute approximate surface area is 121 Å². The number of carbonyl (C=O) groups is 1. The van der Waals surface area contributed by atoms with Crippen LogP contribution >= 0.6 is 0 Å². The van der Waals surface area contributed by atoms with Gasteiger partial charge in [-0.3, -0.25) is 4.79 Å². The minimum Gasteiger partial charge on any atom is -0.378 e. The summed E-state index contributed by atoms with van der Waals surface area (Å²) in [7, 11) is 5.96. The van der Waals surface area contributed by atoms with Gasteiger partial charge in [-0.2, -0.15) is 0 Å². The topological polar surface area (TPSA) is 35.6 Å². The van der Waals surface area contributed by atoms with Crippen molar-refractivity contribution < 1.29 is 4.79 Å². The van der Waals surface area contributed by atoms with Gasteiger partial charge < -0.3 is 15.1 Å². The zero-order valence-electron chi connectivity index (χ0n) is 12.7. The summed E-state index contributed by atoms with van der Waals surface area (Å²) in [4.78, 5) is 16.3. The molecular weight excluding hydrogens is 250 g/mol. The van der Waals surface area contributed by atoms with Crippen molar-refractivity contribution in [2.45, 2.75) is 19.4 Å². The minimum atomic E-state index is 0.148. The molecule has 1 aliphatic rings. The van der Waals surface area contributed by atoms with E-state index in [-0.39, 0.29) is 11.8 Å². The van der Waals surface area contributed by atoms with Gasteiger partial charge in [0, 0.05) is 39.9 Å². The van der Waals surface area contributed by atoms with Crippen molar-refractivity contribution in [1.29, 1.82) is 0 Å². The molecule has 0 aliphatic carbocycles. The zero-order chi connectivity index (χ0) is 14.5. The van der Waals surface area contributed by atoms with Gasteiger partial charge in [-0.15, -0.1) is 0 Å². The molecule has 1 aliphatic heterocycles.